The predicted octanol–water partition coefficient (Wildman–Crippen LogP) is 5.06. The molecule has 4 nitrogen and oxygen atoms in total. The molecule has 1 aliphatic carbocycles. The zero-order valence-electron chi connectivity index (χ0n) is 15.7. The van der Waals surface area contributed by atoms with E-state index in [1.54, 1.807) is 6.08 Å². The third-order valence-electron chi connectivity index (χ3n) is 4.58. The fourth-order valence-electron chi connectivity index (χ4n) is 3.14. The van der Waals surface area contributed by atoms with Crippen LogP contribution in [0.25, 0.3) is 0 Å². The lowest BCUT2D eigenvalue weighted by Gasteiger charge is -2.32. The molecule has 0 heterocycles. The minimum atomic E-state index is -1.43. The van der Waals surface area contributed by atoms with E-state index in [9.17, 15) is 9.59 Å². The summed E-state index contributed by atoms with van der Waals surface area (Å²) in [6.07, 6.45) is 12.8. The Balaban J connectivity index is 2.94. The van der Waals surface area contributed by atoms with Gasteiger partial charge in [0.2, 0.25) is 0 Å². The summed E-state index contributed by atoms with van der Waals surface area (Å²) in [4.78, 5) is 21.9. The van der Waals surface area contributed by atoms with Gasteiger partial charge in [-0.3, -0.25) is 0 Å². The molecule has 0 radical (unpaired) electrons. The number of hydrogen-bond acceptors (Lipinski definition) is 2. The van der Waals surface area contributed by atoms with Gasteiger partial charge < -0.3 is 10.2 Å². The van der Waals surface area contributed by atoms with Crippen LogP contribution in [0.2, 0.25) is 0 Å². The zero-order chi connectivity index (χ0) is 19.2. The van der Waals surface area contributed by atoms with E-state index in [1.165, 1.54) is 37.0 Å². The molecule has 0 aliphatic heterocycles. The zero-order valence-corrected chi connectivity index (χ0v) is 15.7. The Morgan fingerprint density at radius 3 is 2.20 bits per heavy atom. The van der Waals surface area contributed by atoms with Crippen LogP contribution in [-0.4, -0.2) is 22.2 Å². The van der Waals surface area contributed by atoms with Gasteiger partial charge in [-0.25, -0.2) is 9.59 Å². The van der Waals surface area contributed by atoms with Crippen LogP contribution in [0.4, 0.5) is 0 Å². The van der Waals surface area contributed by atoms with Gasteiger partial charge in [0.1, 0.15) is 5.57 Å². The molecule has 136 valence electrons. The fourth-order valence-corrected chi connectivity index (χ4v) is 3.14. The highest BCUT2D eigenvalue weighted by Gasteiger charge is 2.26. The van der Waals surface area contributed by atoms with Crippen molar-refractivity contribution in [2.24, 2.45) is 5.41 Å². The summed E-state index contributed by atoms with van der Waals surface area (Å²) in [5, 5.41) is 17.8. The molecule has 0 bridgehead atoms. The molecule has 0 fully saturated rings. The average molecular weight is 344 g/mol. The van der Waals surface area contributed by atoms with Crippen molar-refractivity contribution >= 4 is 11.9 Å². The van der Waals surface area contributed by atoms with E-state index in [4.69, 9.17) is 10.2 Å². The summed E-state index contributed by atoms with van der Waals surface area (Å²) >= 11 is 0. The first-order chi connectivity index (χ1) is 11.6. The lowest BCUT2D eigenvalue weighted by atomic mass is 9.72. The fraction of sp³-hybridized carbons (Fsp3) is 0.429. The normalized spacial score (nSPS) is 18.0. The maximum atomic E-state index is 10.9. The molecule has 0 saturated carbocycles. The number of rotatable bonds is 6. The van der Waals surface area contributed by atoms with Gasteiger partial charge in [-0.05, 0) is 56.6 Å². The number of aliphatic carboxylic acids is 2. The molecular weight excluding hydrogens is 316 g/mol. The van der Waals surface area contributed by atoms with E-state index in [-0.39, 0.29) is 11.0 Å². The molecule has 4 heteroatoms. The second-order valence-corrected chi connectivity index (χ2v) is 7.20. The molecule has 0 spiro atoms. The van der Waals surface area contributed by atoms with Crippen LogP contribution in [0.1, 0.15) is 53.9 Å². The summed E-state index contributed by atoms with van der Waals surface area (Å²) in [5.41, 5.74) is 3.61. The average Bonchev–Trinajstić information content (AvgIpc) is 2.45. The van der Waals surface area contributed by atoms with Crippen LogP contribution in [0, 0.1) is 5.41 Å². The Hall–Kier alpha value is -2.36. The van der Waals surface area contributed by atoms with Crippen molar-refractivity contribution in [2.75, 3.05) is 0 Å². The van der Waals surface area contributed by atoms with Gasteiger partial charge in [0, 0.05) is 0 Å². The van der Waals surface area contributed by atoms with Crippen LogP contribution in [-0.2, 0) is 9.59 Å². The van der Waals surface area contributed by atoms with Crippen molar-refractivity contribution in [3.63, 3.8) is 0 Å². The van der Waals surface area contributed by atoms with E-state index in [0.29, 0.717) is 0 Å². The van der Waals surface area contributed by atoms with Crippen molar-refractivity contribution in [1.82, 2.24) is 0 Å². The monoisotopic (exact) mass is 344 g/mol. The largest absolute Gasteiger partial charge is 0.477 e. The Morgan fingerprint density at radius 2 is 1.68 bits per heavy atom. The first-order valence-corrected chi connectivity index (χ1v) is 8.47. The smallest absolute Gasteiger partial charge is 0.343 e. The number of allylic oxidation sites excluding steroid dienone is 9. The maximum Gasteiger partial charge on any atom is 0.343 e. The number of hydrogen-bond donors (Lipinski definition) is 2. The molecule has 1 rings (SSSR count). The first-order valence-electron chi connectivity index (χ1n) is 8.47. The summed E-state index contributed by atoms with van der Waals surface area (Å²) in [7, 11) is 0. The molecule has 0 atom stereocenters. The molecule has 2 N–H and O–H groups in total. The van der Waals surface area contributed by atoms with Crippen molar-refractivity contribution in [2.45, 2.75) is 53.9 Å². The van der Waals surface area contributed by atoms with Crippen molar-refractivity contribution in [3.05, 3.63) is 58.2 Å². The van der Waals surface area contributed by atoms with Gasteiger partial charge in [-0.2, -0.15) is 0 Å². The second-order valence-electron chi connectivity index (χ2n) is 7.20. The molecule has 25 heavy (non-hydrogen) atoms. The van der Waals surface area contributed by atoms with Crippen molar-refractivity contribution in [3.8, 4) is 0 Å². The van der Waals surface area contributed by atoms with E-state index in [0.717, 1.165) is 12.0 Å². The Labute approximate surface area is 149 Å². The lowest BCUT2D eigenvalue weighted by Crippen LogP contribution is -2.19. The number of carbonyl (C=O) groups is 2. The molecular formula is C21H28O4. The number of carboxylic acids is 2. The highest BCUT2D eigenvalue weighted by atomic mass is 16.4. The summed E-state index contributed by atoms with van der Waals surface area (Å²) in [6.45, 7) is 10.2. The molecule has 0 aromatic rings. The first kappa shape index (κ1) is 20.7. The third kappa shape index (κ3) is 5.89. The Kier molecular flexibility index (Phi) is 7.16. The molecule has 0 amide bonds. The highest BCUT2D eigenvalue weighted by Crippen LogP contribution is 2.40. The van der Waals surface area contributed by atoms with E-state index in [2.05, 4.69) is 26.8 Å². The Morgan fingerprint density at radius 1 is 1.08 bits per heavy atom. The SMILES string of the molecule is CC(/C=C/C=C(C)/C=C/C1=C(C)CCCC1(C)C)=C(C(=O)O)C(=O)O. The molecule has 0 saturated heterocycles. The minimum Gasteiger partial charge on any atom is -0.477 e. The van der Waals surface area contributed by atoms with Gasteiger partial charge >= 0.3 is 11.9 Å². The van der Waals surface area contributed by atoms with Gasteiger partial charge in [0.05, 0.1) is 0 Å². The van der Waals surface area contributed by atoms with Gasteiger partial charge in [0.25, 0.3) is 0 Å². The van der Waals surface area contributed by atoms with E-state index < -0.39 is 17.5 Å². The quantitative estimate of drug-likeness (QED) is 0.306. The summed E-state index contributed by atoms with van der Waals surface area (Å²) in [6, 6.07) is 0. The van der Waals surface area contributed by atoms with E-state index >= 15 is 0 Å². The summed E-state index contributed by atoms with van der Waals surface area (Å²) in [5.74, 6) is -2.87. The van der Waals surface area contributed by atoms with E-state index in [1.807, 2.05) is 19.1 Å². The van der Waals surface area contributed by atoms with Crippen molar-refractivity contribution in [1.29, 1.82) is 0 Å². The predicted molar refractivity (Wildman–Crippen MR) is 100 cm³/mol. The van der Waals surface area contributed by atoms with Crippen LogP contribution in [0.15, 0.2) is 58.2 Å². The third-order valence-corrected chi connectivity index (χ3v) is 4.58. The highest BCUT2D eigenvalue weighted by molar-refractivity contribution is 6.13. The Bertz CT molecular complexity index is 681. The molecule has 0 aromatic heterocycles. The molecule has 1 aliphatic rings. The number of carboxylic acid groups (broad SMARTS) is 2. The summed E-state index contributed by atoms with van der Waals surface area (Å²) < 4.78 is 0. The lowest BCUT2D eigenvalue weighted by molar-refractivity contribution is -0.140. The van der Waals surface area contributed by atoms with Crippen LogP contribution >= 0.6 is 0 Å². The van der Waals surface area contributed by atoms with Gasteiger partial charge in [-0.1, -0.05) is 55.4 Å². The maximum absolute atomic E-state index is 10.9. The van der Waals surface area contributed by atoms with Crippen LogP contribution < -0.4 is 0 Å². The minimum absolute atomic E-state index is 0.187. The molecule has 0 unspecified atom stereocenters. The van der Waals surface area contributed by atoms with Gasteiger partial charge in [-0.15, -0.1) is 0 Å². The second kappa shape index (κ2) is 8.65. The van der Waals surface area contributed by atoms with Crippen LogP contribution in [0.5, 0.6) is 0 Å². The molecule has 0 aromatic carbocycles. The topological polar surface area (TPSA) is 74.6 Å². The van der Waals surface area contributed by atoms with Crippen molar-refractivity contribution < 1.29 is 19.8 Å². The van der Waals surface area contributed by atoms with Gasteiger partial charge in [0.15, 0.2) is 0 Å². The standard InChI is InChI=1S/C21H28O4/c1-14(8-6-9-16(3)18(19(22)23)20(24)25)11-12-17-15(2)10-7-13-21(17,4)5/h6,8-9,11-12H,7,10,13H2,1-5H3,(H,22,23)(H,24,25)/b9-6+,12-11+,14-8+. The van der Waals surface area contributed by atoms with Crippen LogP contribution in [0.3, 0.4) is 0 Å².